The van der Waals surface area contributed by atoms with Gasteiger partial charge < -0.3 is 19.7 Å². The first kappa shape index (κ1) is 30.4. The van der Waals surface area contributed by atoms with Gasteiger partial charge in [-0.05, 0) is 49.7 Å². The second kappa shape index (κ2) is 13.4. The van der Waals surface area contributed by atoms with E-state index in [1.807, 2.05) is 11.8 Å². The number of ether oxygens (including phenoxy) is 2. The number of hydrogen-bond donors (Lipinski definition) is 1. The highest BCUT2D eigenvalue weighted by Gasteiger charge is 2.39. The zero-order valence-electron chi connectivity index (χ0n) is 23.4. The maximum atomic E-state index is 13.4. The summed E-state index contributed by atoms with van der Waals surface area (Å²) in [7, 11) is 1.57. The standard InChI is InChI=1S/C30H34Cl2N4O5/c1-5-12-36-25(18-34-13-14-35(19(3)17-34)28(37)21-8-7-9-22(15-21)40-4)26(29(38)41-6-2)27(33-30(36)39)20-10-11-23(31)24(32)16-20/h5,7-11,15-16,19,27H,1,6,12-14,17-18H2,2-4H3,(H,33,39). The van der Waals surface area contributed by atoms with Gasteiger partial charge in [0.25, 0.3) is 5.91 Å². The minimum Gasteiger partial charge on any atom is -0.497 e. The number of nitrogens with one attached hydrogen (secondary N) is 1. The molecule has 1 saturated heterocycles. The largest absolute Gasteiger partial charge is 0.497 e. The first-order valence-electron chi connectivity index (χ1n) is 13.4. The van der Waals surface area contributed by atoms with Crippen LogP contribution in [0.15, 0.2) is 66.4 Å². The van der Waals surface area contributed by atoms with Gasteiger partial charge in [-0.1, -0.05) is 41.4 Å². The lowest BCUT2D eigenvalue weighted by Crippen LogP contribution is -2.56. The lowest BCUT2D eigenvalue weighted by Gasteiger charge is -2.43. The van der Waals surface area contributed by atoms with Crippen LogP contribution in [0.1, 0.15) is 35.8 Å². The summed E-state index contributed by atoms with van der Waals surface area (Å²) in [6.07, 6.45) is 1.61. The Morgan fingerprint density at radius 2 is 1.93 bits per heavy atom. The summed E-state index contributed by atoms with van der Waals surface area (Å²) in [6, 6.07) is 10.8. The minimum atomic E-state index is -0.791. The van der Waals surface area contributed by atoms with Gasteiger partial charge in [0.05, 0.1) is 35.4 Å². The van der Waals surface area contributed by atoms with E-state index in [9.17, 15) is 14.4 Å². The zero-order valence-corrected chi connectivity index (χ0v) is 24.9. The van der Waals surface area contributed by atoms with Crippen molar-refractivity contribution in [2.75, 3.05) is 46.4 Å². The highest BCUT2D eigenvalue weighted by molar-refractivity contribution is 6.42. The molecule has 0 saturated carbocycles. The van der Waals surface area contributed by atoms with Gasteiger partial charge >= 0.3 is 12.0 Å². The molecule has 0 spiro atoms. The van der Waals surface area contributed by atoms with Crippen LogP contribution >= 0.6 is 23.2 Å². The van der Waals surface area contributed by atoms with Gasteiger partial charge in [-0.25, -0.2) is 9.59 Å². The average Bonchev–Trinajstić information content (AvgIpc) is 2.96. The van der Waals surface area contributed by atoms with Crippen molar-refractivity contribution in [3.63, 3.8) is 0 Å². The summed E-state index contributed by atoms with van der Waals surface area (Å²) >= 11 is 12.4. The van der Waals surface area contributed by atoms with Crippen LogP contribution in [0.2, 0.25) is 10.0 Å². The number of methoxy groups -OCH3 is 1. The number of rotatable bonds is 9. The van der Waals surface area contributed by atoms with Crippen molar-refractivity contribution >= 4 is 41.1 Å². The maximum absolute atomic E-state index is 13.4. The van der Waals surface area contributed by atoms with Gasteiger partial charge in [0.15, 0.2) is 0 Å². The van der Waals surface area contributed by atoms with Crippen LogP contribution in [0.4, 0.5) is 4.79 Å². The molecule has 9 nitrogen and oxygen atoms in total. The highest BCUT2D eigenvalue weighted by Crippen LogP contribution is 2.35. The van der Waals surface area contributed by atoms with Gasteiger partial charge in [0.1, 0.15) is 5.75 Å². The molecule has 0 aromatic heterocycles. The number of piperazine rings is 1. The lowest BCUT2D eigenvalue weighted by atomic mass is 9.94. The monoisotopic (exact) mass is 600 g/mol. The molecule has 2 aliphatic rings. The Balaban J connectivity index is 1.65. The Labute approximate surface area is 250 Å². The van der Waals surface area contributed by atoms with E-state index >= 15 is 0 Å². The van der Waals surface area contributed by atoms with Gasteiger partial charge in [0, 0.05) is 50.0 Å². The summed E-state index contributed by atoms with van der Waals surface area (Å²) in [5.74, 6) is 0.00925. The molecule has 2 aromatic rings. The molecule has 2 aromatic carbocycles. The topological polar surface area (TPSA) is 91.4 Å². The molecule has 3 amide bonds. The predicted octanol–water partition coefficient (Wildman–Crippen LogP) is 4.92. The molecule has 218 valence electrons. The summed E-state index contributed by atoms with van der Waals surface area (Å²) in [4.78, 5) is 45.6. The first-order chi connectivity index (χ1) is 19.7. The third-order valence-electron chi connectivity index (χ3n) is 7.18. The molecule has 1 fully saturated rings. The van der Waals surface area contributed by atoms with Crippen molar-refractivity contribution in [3.8, 4) is 5.75 Å². The van der Waals surface area contributed by atoms with Crippen LogP contribution in [0.25, 0.3) is 0 Å². The molecule has 11 heteroatoms. The van der Waals surface area contributed by atoms with E-state index in [1.54, 1.807) is 62.6 Å². The maximum Gasteiger partial charge on any atom is 0.338 e. The molecule has 1 N–H and O–H groups in total. The number of amides is 3. The average molecular weight is 602 g/mol. The van der Waals surface area contributed by atoms with E-state index in [-0.39, 0.29) is 31.1 Å². The predicted molar refractivity (Wildman–Crippen MR) is 158 cm³/mol. The van der Waals surface area contributed by atoms with Gasteiger partial charge in [0.2, 0.25) is 0 Å². The fraction of sp³-hybridized carbons (Fsp3) is 0.367. The second-order valence-electron chi connectivity index (χ2n) is 9.85. The summed E-state index contributed by atoms with van der Waals surface area (Å²) in [6.45, 7) is 9.73. The number of carbonyl (C=O) groups excluding carboxylic acids is 3. The summed E-state index contributed by atoms with van der Waals surface area (Å²) in [5.41, 5.74) is 1.99. The number of halogens is 2. The van der Waals surface area contributed by atoms with Crippen molar-refractivity contribution in [2.24, 2.45) is 0 Å². The Morgan fingerprint density at radius 3 is 2.59 bits per heavy atom. The summed E-state index contributed by atoms with van der Waals surface area (Å²) in [5, 5.41) is 3.60. The molecule has 4 rings (SSSR count). The molecular formula is C30H34Cl2N4O5. The Kier molecular flexibility index (Phi) is 9.96. The molecule has 41 heavy (non-hydrogen) atoms. The molecular weight excluding hydrogens is 567 g/mol. The molecule has 0 bridgehead atoms. The normalized spacial score (nSPS) is 19.6. The molecule has 0 radical (unpaired) electrons. The molecule has 2 unspecified atom stereocenters. The number of esters is 1. The third-order valence-corrected chi connectivity index (χ3v) is 7.92. The van der Waals surface area contributed by atoms with E-state index < -0.39 is 12.0 Å². The SMILES string of the molecule is C=CCN1C(=O)NC(c2ccc(Cl)c(Cl)c2)C(C(=O)OCC)=C1CN1CCN(C(=O)c2cccc(OC)c2)C(C)C1. The Morgan fingerprint density at radius 1 is 1.15 bits per heavy atom. The van der Waals surface area contributed by atoms with Crippen molar-refractivity contribution < 1.29 is 23.9 Å². The van der Waals surface area contributed by atoms with Crippen LogP contribution in [0, 0.1) is 0 Å². The van der Waals surface area contributed by atoms with E-state index in [4.69, 9.17) is 32.7 Å². The van der Waals surface area contributed by atoms with Crippen LogP contribution < -0.4 is 10.1 Å². The number of nitrogens with zero attached hydrogens (tertiary/aromatic N) is 3. The molecule has 2 aliphatic heterocycles. The van der Waals surface area contributed by atoms with Crippen LogP contribution in [0.5, 0.6) is 5.75 Å². The van der Waals surface area contributed by atoms with Gasteiger partial charge in [-0.2, -0.15) is 0 Å². The van der Waals surface area contributed by atoms with Crippen LogP contribution in [-0.4, -0.2) is 85.1 Å². The van der Waals surface area contributed by atoms with Crippen molar-refractivity contribution in [1.82, 2.24) is 20.0 Å². The molecule has 2 atom stereocenters. The first-order valence-corrected chi connectivity index (χ1v) is 14.1. The summed E-state index contributed by atoms with van der Waals surface area (Å²) < 4.78 is 10.7. The van der Waals surface area contributed by atoms with Crippen molar-refractivity contribution in [3.05, 3.63) is 87.6 Å². The zero-order chi connectivity index (χ0) is 29.7. The van der Waals surface area contributed by atoms with E-state index in [0.717, 1.165) is 0 Å². The number of urea groups is 1. The fourth-order valence-electron chi connectivity index (χ4n) is 5.20. The van der Waals surface area contributed by atoms with Crippen molar-refractivity contribution in [2.45, 2.75) is 25.9 Å². The fourth-order valence-corrected chi connectivity index (χ4v) is 5.51. The quantitative estimate of drug-likeness (QED) is 0.324. The molecule has 0 aliphatic carbocycles. The van der Waals surface area contributed by atoms with Crippen molar-refractivity contribution in [1.29, 1.82) is 0 Å². The minimum absolute atomic E-state index is 0.0764. The van der Waals surface area contributed by atoms with Crippen LogP contribution in [-0.2, 0) is 9.53 Å². The second-order valence-corrected chi connectivity index (χ2v) is 10.7. The number of carbonyl (C=O) groups is 3. The van der Waals surface area contributed by atoms with Gasteiger partial charge in [-0.3, -0.25) is 14.6 Å². The Hall–Kier alpha value is -3.53. The highest BCUT2D eigenvalue weighted by atomic mass is 35.5. The van der Waals surface area contributed by atoms with Gasteiger partial charge in [-0.15, -0.1) is 6.58 Å². The van der Waals surface area contributed by atoms with E-state index in [2.05, 4.69) is 16.8 Å². The van der Waals surface area contributed by atoms with Crippen LogP contribution in [0.3, 0.4) is 0 Å². The molecule has 2 heterocycles. The Bertz CT molecular complexity index is 1360. The van der Waals surface area contributed by atoms with E-state index in [0.29, 0.717) is 64.4 Å². The lowest BCUT2D eigenvalue weighted by molar-refractivity contribution is -0.139. The number of benzene rings is 2. The van der Waals surface area contributed by atoms with E-state index in [1.165, 1.54) is 4.90 Å². The smallest absolute Gasteiger partial charge is 0.338 e. The number of hydrogen-bond acceptors (Lipinski definition) is 6. The third kappa shape index (κ3) is 6.69.